The van der Waals surface area contributed by atoms with Gasteiger partial charge in [0.1, 0.15) is 28.6 Å². The fourth-order valence-electron chi connectivity index (χ4n) is 12.1. The molecule has 16 nitrogen and oxygen atoms in total. The van der Waals surface area contributed by atoms with Crippen LogP contribution in [0.15, 0.2) is 46.1 Å². The molecule has 412 valence electrons. The Morgan fingerprint density at radius 2 is 1.57 bits per heavy atom. The van der Waals surface area contributed by atoms with Crippen molar-refractivity contribution in [2.24, 2.45) is 45.5 Å². The Kier molecular flexibility index (Phi) is 20.1. The van der Waals surface area contributed by atoms with E-state index in [9.17, 15) is 29.7 Å². The lowest BCUT2D eigenvalue weighted by molar-refractivity contribution is -0.112. The molecule has 6 aliphatic heterocycles. The van der Waals surface area contributed by atoms with E-state index in [1.165, 1.54) is 45.3 Å². The van der Waals surface area contributed by atoms with Crippen LogP contribution in [0.4, 0.5) is 10.5 Å². The number of aliphatic hydroxyl groups is 2. The maximum absolute atomic E-state index is 14.9. The van der Waals surface area contributed by atoms with Crippen molar-refractivity contribution in [3.8, 4) is 30.1 Å². The lowest BCUT2D eigenvalue weighted by atomic mass is 9.80. The number of nitrogens with zero attached hydrogens (tertiary/aromatic N) is 4. The number of rotatable bonds is 6. The number of Topliss-reactive ketones (excluding diaryl/α,β-unsaturated/α-hetero) is 1. The smallest absolute Gasteiger partial charge is 0.407 e. The summed E-state index contributed by atoms with van der Waals surface area (Å²) in [5, 5.41) is 49.8. The van der Waals surface area contributed by atoms with Crippen LogP contribution in [0.25, 0.3) is 10.8 Å². The molecule has 2 aromatic rings. The van der Waals surface area contributed by atoms with Crippen LogP contribution in [-0.2, 0) is 14.3 Å². The molecule has 0 aromatic heterocycles. The minimum atomic E-state index is -1.88. The quantitative estimate of drug-likeness (QED) is 0.119. The number of nitrogens with one attached hydrogen (secondary N) is 2. The minimum Gasteiger partial charge on any atom is -0.507 e. The molecule has 9 rings (SSSR count). The molecule has 2 saturated heterocycles. The number of terminal acetylenes is 1. The van der Waals surface area contributed by atoms with Crippen molar-refractivity contribution < 1.29 is 49.0 Å². The highest BCUT2D eigenvalue weighted by molar-refractivity contribution is 6.19. The van der Waals surface area contributed by atoms with Gasteiger partial charge < -0.3 is 55.1 Å². The van der Waals surface area contributed by atoms with Crippen LogP contribution in [0, 0.1) is 55.3 Å². The third kappa shape index (κ3) is 13.2. The number of anilines is 1. The molecule has 1 aliphatic carbocycles. The summed E-state index contributed by atoms with van der Waals surface area (Å²) in [5.41, 5.74) is -0.277. The Morgan fingerprint density at radius 3 is 2.23 bits per heavy atom. The Morgan fingerprint density at radius 1 is 0.920 bits per heavy atom. The number of carbonyl (C=O) groups excluding carboxylic acids is 3. The van der Waals surface area contributed by atoms with E-state index < -0.39 is 53.1 Å². The predicted molar refractivity (Wildman–Crippen MR) is 292 cm³/mol. The lowest BCUT2D eigenvalue weighted by Gasteiger charge is -2.37. The number of benzene rings is 2. The number of amides is 2. The van der Waals surface area contributed by atoms with Crippen molar-refractivity contribution >= 4 is 34.2 Å². The largest absolute Gasteiger partial charge is 0.507 e. The van der Waals surface area contributed by atoms with Gasteiger partial charge in [0, 0.05) is 94.6 Å². The summed E-state index contributed by atoms with van der Waals surface area (Å²) in [5.74, 6) is -3.21. The third-order valence-electron chi connectivity index (χ3n) is 16.3. The number of phenols is 2. The van der Waals surface area contributed by atoms with Crippen LogP contribution in [0.1, 0.15) is 142 Å². The zero-order chi connectivity index (χ0) is 54.9. The van der Waals surface area contributed by atoms with Gasteiger partial charge in [-0.3, -0.25) is 19.6 Å². The highest BCUT2D eigenvalue weighted by Gasteiger charge is 2.50. The molecule has 1 saturated carbocycles. The molecular weight excluding hydrogens is 953 g/mol. The second-order valence-corrected chi connectivity index (χ2v) is 22.7. The average Bonchev–Trinajstić information content (AvgIpc) is 3.89. The van der Waals surface area contributed by atoms with Gasteiger partial charge in [-0.1, -0.05) is 79.0 Å². The highest BCUT2D eigenvalue weighted by atomic mass is 16.7. The number of allylic oxidation sites excluding steroid dienone is 4. The number of aromatic hydroxyl groups is 2. The number of carbonyl (C=O) groups is 3. The predicted octanol–water partition coefficient (Wildman–Crippen LogP) is 8.22. The van der Waals surface area contributed by atoms with Crippen LogP contribution in [-0.4, -0.2) is 124 Å². The summed E-state index contributed by atoms with van der Waals surface area (Å²) < 4.78 is 18.9. The summed E-state index contributed by atoms with van der Waals surface area (Å²) >= 11 is 0. The fraction of sp³-hybridized carbons (Fsp3) is 0.644. The SMILES string of the molecule is C#C.C/C1=C/C=C/C(C)C[C@@H](C)C(O)[C@@H](C)C(OC(=O)NC2CCN(CC3CCCCC3)CC2)[C@H](C)C/C=C/OC2(C)Oc3c(C)c(O)c4c(O)c(c5c(c4c3C2=O)=NC2(CCN(CC(C)C)CC2)N=5)NC1=O.CO. The normalized spacial score (nSPS) is 29.5. The number of piperidine rings is 2. The topological polar surface area (TPSA) is 215 Å². The van der Waals surface area contributed by atoms with E-state index in [2.05, 4.69) is 54.1 Å². The number of fused-ring (bicyclic) bond motifs is 13. The molecular formula is C59H86N6O10. The van der Waals surface area contributed by atoms with Gasteiger partial charge in [0.15, 0.2) is 11.4 Å². The van der Waals surface area contributed by atoms with E-state index in [1.54, 1.807) is 26.0 Å². The van der Waals surface area contributed by atoms with E-state index in [4.69, 9.17) is 29.3 Å². The van der Waals surface area contributed by atoms with Gasteiger partial charge in [0.05, 0.1) is 28.7 Å². The molecule has 6 heterocycles. The molecule has 2 aromatic carbocycles. The monoisotopic (exact) mass is 1040 g/mol. The van der Waals surface area contributed by atoms with E-state index in [-0.39, 0.29) is 73.6 Å². The molecule has 6 N–H and O–H groups in total. The number of likely N-dealkylation sites (tertiary alicyclic amines) is 2. The van der Waals surface area contributed by atoms with Gasteiger partial charge in [-0.25, -0.2) is 4.79 Å². The second kappa shape index (κ2) is 25.6. The first-order valence-corrected chi connectivity index (χ1v) is 27.4. The number of aliphatic hydroxyl groups excluding tert-OH is 2. The zero-order valence-electron chi connectivity index (χ0n) is 46.3. The number of ketones is 1. The zero-order valence-corrected chi connectivity index (χ0v) is 46.3. The van der Waals surface area contributed by atoms with Crippen molar-refractivity contribution in [3.05, 3.63) is 58.0 Å². The number of hydrogen-bond donors (Lipinski definition) is 6. The van der Waals surface area contributed by atoms with Gasteiger partial charge >= 0.3 is 11.9 Å². The third-order valence-corrected chi connectivity index (χ3v) is 16.3. The Balaban J connectivity index is 0.00000223. The maximum Gasteiger partial charge on any atom is 0.407 e. The Bertz CT molecular complexity index is 2600. The van der Waals surface area contributed by atoms with Crippen molar-refractivity contribution in [1.29, 1.82) is 0 Å². The first-order chi connectivity index (χ1) is 35.8. The van der Waals surface area contributed by atoms with Crippen LogP contribution in [0.3, 0.4) is 0 Å². The first kappa shape index (κ1) is 58.8. The first-order valence-electron chi connectivity index (χ1n) is 27.4. The van der Waals surface area contributed by atoms with Gasteiger partial charge in [-0.2, -0.15) is 0 Å². The summed E-state index contributed by atoms with van der Waals surface area (Å²) in [4.78, 5) is 58.0. The number of alkyl carbamates (subject to hydrolysis) is 1. The summed E-state index contributed by atoms with van der Waals surface area (Å²) in [6.07, 6.45) is 25.2. The average molecular weight is 1040 g/mol. The molecule has 16 heteroatoms. The fourth-order valence-corrected chi connectivity index (χ4v) is 12.1. The van der Waals surface area contributed by atoms with Gasteiger partial charge in [-0.15, -0.1) is 12.8 Å². The molecule has 5 bridgehead atoms. The van der Waals surface area contributed by atoms with E-state index in [0.717, 1.165) is 65.1 Å². The molecule has 7 aliphatic rings. The van der Waals surface area contributed by atoms with E-state index in [0.29, 0.717) is 37.2 Å². The summed E-state index contributed by atoms with van der Waals surface area (Å²) in [7, 11) is 1.00. The molecule has 75 heavy (non-hydrogen) atoms. The lowest BCUT2D eigenvalue weighted by Crippen LogP contribution is -2.48. The molecule has 0 radical (unpaired) electrons. The second-order valence-electron chi connectivity index (χ2n) is 22.7. The molecule has 4 unspecified atom stereocenters. The van der Waals surface area contributed by atoms with Gasteiger partial charge in [0.25, 0.3) is 11.7 Å². The standard InChI is InChI=1S/C56H80N6O9.C2H2.CH4O/c1-32(2)30-62-26-22-56(23-27-62)59-44-41-42-48(64)38(8)51-43(41)52(66)55(9,71-51)69-28-14-17-34(4)50(70-54(68)57-40-20-24-61(25-21-40)31-39-18-11-10-12-19-39)37(7)47(63)36(6)29-33(3)15-13-16-35(5)53(67)58-46(49(42)65)45(44)60-56;2*1-2/h13-16,28,32-34,36-37,39-40,47,50,63-65H,10-12,17-27,29-31H2,1-9H3,(H,57,68)(H,58,67);1-2H;2H,1H3/b15-13+,28-14+,35-16-;;/t33?,34-,36-,37-,47?,50?,55?;;/m1../s1. The number of phenolic OH excluding ortho intramolecular Hbond substituents is 2. The van der Waals surface area contributed by atoms with Crippen LogP contribution < -0.4 is 26.1 Å². The van der Waals surface area contributed by atoms with Crippen LogP contribution in [0.5, 0.6) is 17.2 Å². The van der Waals surface area contributed by atoms with Crippen LogP contribution in [0.2, 0.25) is 0 Å². The highest BCUT2D eigenvalue weighted by Crippen LogP contribution is 2.50. The molecule has 3 fully saturated rings. The minimum absolute atomic E-state index is 0.000515. The van der Waals surface area contributed by atoms with Gasteiger partial charge in [-0.05, 0) is 88.0 Å². The van der Waals surface area contributed by atoms with Gasteiger partial charge in [0.2, 0.25) is 0 Å². The number of ether oxygens (including phenoxy) is 3. The van der Waals surface area contributed by atoms with Crippen LogP contribution >= 0.6 is 0 Å². The Labute approximate surface area is 444 Å². The summed E-state index contributed by atoms with van der Waals surface area (Å²) in [6, 6.07) is -0.000515. The molecule has 1 spiro atoms. The summed E-state index contributed by atoms with van der Waals surface area (Å²) in [6.45, 7) is 22.5. The number of hydrogen-bond acceptors (Lipinski definition) is 14. The molecule has 7 atom stereocenters. The van der Waals surface area contributed by atoms with Crippen molar-refractivity contribution in [3.63, 3.8) is 0 Å². The maximum atomic E-state index is 14.9. The van der Waals surface area contributed by atoms with Crippen molar-refractivity contribution in [2.75, 3.05) is 51.7 Å². The van der Waals surface area contributed by atoms with Crippen molar-refractivity contribution in [2.45, 2.75) is 163 Å². The van der Waals surface area contributed by atoms with E-state index in [1.807, 2.05) is 32.9 Å². The van der Waals surface area contributed by atoms with Crippen molar-refractivity contribution in [1.82, 2.24) is 15.1 Å². The molecule has 2 amide bonds. The van der Waals surface area contributed by atoms with E-state index >= 15 is 0 Å². The Hall–Kier alpha value is -5.47.